The van der Waals surface area contributed by atoms with Crippen LogP contribution in [0.4, 0.5) is 4.39 Å². The first-order chi connectivity index (χ1) is 12.9. The molecule has 2 aromatic heterocycles. The molecule has 0 spiro atoms. The third-order valence-electron chi connectivity index (χ3n) is 3.24. The summed E-state index contributed by atoms with van der Waals surface area (Å²) in [5.41, 5.74) is 0.0975. The molecule has 2 heterocycles. The molecule has 3 aromatic rings. The molecule has 0 saturated carbocycles. The second kappa shape index (κ2) is 7.96. The monoisotopic (exact) mass is 419 g/mol. The van der Waals surface area contributed by atoms with Crippen LogP contribution in [0.15, 0.2) is 32.1 Å². The summed E-state index contributed by atoms with van der Waals surface area (Å²) in [5.74, 6) is -1.80. The van der Waals surface area contributed by atoms with E-state index < -0.39 is 28.9 Å². The van der Waals surface area contributed by atoms with Gasteiger partial charge in [-0.15, -0.1) is 0 Å². The van der Waals surface area contributed by atoms with E-state index in [1.165, 1.54) is 12.1 Å². The Morgan fingerprint density at radius 2 is 2.22 bits per heavy atom. The lowest BCUT2D eigenvalue weighted by molar-refractivity contribution is 0.197. The number of hydrogen-bond donors (Lipinski definition) is 2. The zero-order valence-corrected chi connectivity index (χ0v) is 15.0. The third-order valence-corrected chi connectivity index (χ3v) is 3.95. The number of hydrogen-bond acceptors (Lipinski definition) is 8. The first-order valence-corrected chi connectivity index (χ1v) is 8.73. The maximum absolute atomic E-state index is 13.4. The smallest absolute Gasteiger partial charge is 0.446 e. The van der Waals surface area contributed by atoms with Crippen molar-refractivity contribution in [3.8, 4) is 23.1 Å². The molecule has 14 heteroatoms. The molecular formula is C13H11ClFN5O6S. The van der Waals surface area contributed by atoms with Crippen LogP contribution in [-0.4, -0.2) is 41.4 Å². The van der Waals surface area contributed by atoms with Crippen LogP contribution >= 0.6 is 11.6 Å². The first kappa shape index (κ1) is 19.2. The van der Waals surface area contributed by atoms with E-state index in [4.69, 9.17) is 20.9 Å². The minimum atomic E-state index is -2.21. The summed E-state index contributed by atoms with van der Waals surface area (Å²) in [4.78, 5) is 12.0. The molecule has 144 valence electrons. The Kier molecular flexibility index (Phi) is 5.65. The van der Waals surface area contributed by atoms with Gasteiger partial charge in [0.15, 0.2) is 0 Å². The van der Waals surface area contributed by atoms with E-state index in [0.29, 0.717) is 0 Å². The van der Waals surface area contributed by atoms with Gasteiger partial charge in [0.2, 0.25) is 22.8 Å². The zero-order valence-electron chi connectivity index (χ0n) is 13.5. The summed E-state index contributed by atoms with van der Waals surface area (Å²) in [6, 6.07) is 3.57. The van der Waals surface area contributed by atoms with Crippen LogP contribution in [0.1, 0.15) is 6.92 Å². The number of rotatable bonds is 7. The van der Waals surface area contributed by atoms with Gasteiger partial charge in [-0.25, -0.2) is 27.3 Å². The van der Waals surface area contributed by atoms with Crippen molar-refractivity contribution in [2.45, 2.75) is 13.0 Å². The average Bonchev–Trinajstić information content (AvgIpc) is 3.21. The minimum absolute atomic E-state index is 0.00853. The fraction of sp³-hybridized carbons (Fsp3) is 0.231. The van der Waals surface area contributed by atoms with Gasteiger partial charge in [0.1, 0.15) is 11.9 Å². The summed E-state index contributed by atoms with van der Waals surface area (Å²) in [6.07, 6.45) is -0.612. The largest absolute Gasteiger partial charge is 0.469 e. The first-order valence-electron chi connectivity index (χ1n) is 7.25. The average molecular weight is 420 g/mol. The van der Waals surface area contributed by atoms with Crippen LogP contribution in [0, 0.1) is 5.82 Å². The quantitative estimate of drug-likeness (QED) is 0.538. The number of nitrogens with one attached hydrogen (secondary N) is 1. The van der Waals surface area contributed by atoms with Gasteiger partial charge in [-0.2, -0.15) is 0 Å². The van der Waals surface area contributed by atoms with Crippen molar-refractivity contribution in [3.63, 3.8) is 0 Å². The van der Waals surface area contributed by atoms with Crippen LogP contribution in [0.2, 0.25) is 5.02 Å². The number of ether oxygens (including phenoxy) is 1. The van der Waals surface area contributed by atoms with Crippen LogP contribution in [0.25, 0.3) is 17.2 Å². The molecule has 3 rings (SSSR count). The minimum Gasteiger partial charge on any atom is -0.469 e. The molecule has 0 aliphatic rings. The molecule has 0 aliphatic heterocycles. The van der Waals surface area contributed by atoms with E-state index in [-0.39, 0.29) is 34.7 Å². The van der Waals surface area contributed by atoms with E-state index in [2.05, 4.69) is 29.3 Å². The lowest BCUT2D eigenvalue weighted by Crippen LogP contribution is -2.30. The lowest BCUT2D eigenvalue weighted by atomic mass is 10.3. The van der Waals surface area contributed by atoms with E-state index >= 15 is 0 Å². The van der Waals surface area contributed by atoms with Crippen LogP contribution in [0.5, 0.6) is 5.88 Å². The molecule has 0 aliphatic carbocycles. The molecule has 0 amide bonds. The predicted octanol–water partition coefficient (Wildman–Crippen LogP) is 1.16. The standard InChI is InChI=1S/C13H11ClFN5O6S/c1-6(5-16-27(22)23)24-12-10(17-26-19-12)11-18-25-13(21)20(11)7-2-3-9(15)8(14)4-7/h2-4,6,16H,5H2,1H3,(H,22,23). The second-order valence-corrected chi connectivity index (χ2v) is 6.34. The highest BCUT2D eigenvalue weighted by Gasteiger charge is 2.25. The molecule has 0 saturated heterocycles. The van der Waals surface area contributed by atoms with Gasteiger partial charge in [-0.1, -0.05) is 16.8 Å². The molecule has 2 atom stereocenters. The van der Waals surface area contributed by atoms with Gasteiger partial charge >= 0.3 is 5.76 Å². The highest BCUT2D eigenvalue weighted by atomic mass is 35.5. The van der Waals surface area contributed by atoms with Gasteiger partial charge in [0, 0.05) is 6.54 Å². The number of benzene rings is 1. The van der Waals surface area contributed by atoms with Crippen molar-refractivity contribution in [1.82, 2.24) is 24.8 Å². The van der Waals surface area contributed by atoms with E-state index in [1.54, 1.807) is 6.92 Å². The summed E-state index contributed by atoms with van der Waals surface area (Å²) in [5, 5.41) is 10.6. The fourth-order valence-electron chi connectivity index (χ4n) is 2.07. The molecule has 2 unspecified atom stereocenters. The highest BCUT2D eigenvalue weighted by Crippen LogP contribution is 2.27. The molecule has 0 fully saturated rings. The Morgan fingerprint density at radius 3 is 2.93 bits per heavy atom. The Hall–Kier alpha value is -2.61. The zero-order chi connectivity index (χ0) is 19.6. The highest BCUT2D eigenvalue weighted by molar-refractivity contribution is 7.77. The normalized spacial score (nSPS) is 13.5. The maximum atomic E-state index is 13.4. The molecule has 27 heavy (non-hydrogen) atoms. The molecule has 0 bridgehead atoms. The molecule has 0 radical (unpaired) electrons. The molecular weight excluding hydrogens is 409 g/mol. The van der Waals surface area contributed by atoms with Crippen LogP contribution in [-0.2, 0) is 11.3 Å². The van der Waals surface area contributed by atoms with Gasteiger partial charge in [-0.05, 0) is 35.4 Å². The summed E-state index contributed by atoms with van der Waals surface area (Å²) in [7, 11) is 0. The van der Waals surface area contributed by atoms with Crippen molar-refractivity contribution < 1.29 is 27.0 Å². The van der Waals surface area contributed by atoms with Gasteiger partial charge in [0.05, 0.1) is 10.7 Å². The maximum Gasteiger partial charge on any atom is 0.446 e. The predicted molar refractivity (Wildman–Crippen MR) is 89.2 cm³/mol. The number of halogens is 2. The lowest BCUT2D eigenvalue weighted by Gasteiger charge is -2.11. The Balaban J connectivity index is 1.95. The fourth-order valence-corrected chi connectivity index (χ4v) is 2.62. The van der Waals surface area contributed by atoms with Crippen molar-refractivity contribution in [3.05, 3.63) is 39.6 Å². The molecule has 2 N–H and O–H groups in total. The van der Waals surface area contributed by atoms with Crippen molar-refractivity contribution in [2.75, 3.05) is 6.54 Å². The van der Waals surface area contributed by atoms with Crippen LogP contribution in [0.3, 0.4) is 0 Å². The van der Waals surface area contributed by atoms with Crippen LogP contribution < -0.4 is 15.2 Å². The van der Waals surface area contributed by atoms with Gasteiger partial charge < -0.3 is 4.74 Å². The summed E-state index contributed by atoms with van der Waals surface area (Å²) in [6.45, 7) is 1.60. The Morgan fingerprint density at radius 1 is 1.44 bits per heavy atom. The van der Waals surface area contributed by atoms with Crippen molar-refractivity contribution in [2.24, 2.45) is 0 Å². The molecule has 11 nitrogen and oxygen atoms in total. The van der Waals surface area contributed by atoms with E-state index in [9.17, 15) is 13.4 Å². The second-order valence-electron chi connectivity index (χ2n) is 5.15. The van der Waals surface area contributed by atoms with Gasteiger partial charge in [-0.3, -0.25) is 9.08 Å². The number of nitrogens with zero attached hydrogens (tertiary/aromatic N) is 4. The Labute approximate surface area is 157 Å². The van der Waals surface area contributed by atoms with E-state index in [0.717, 1.165) is 10.6 Å². The third kappa shape index (κ3) is 4.21. The Bertz CT molecular complexity index is 1040. The number of aromatic nitrogens is 4. The van der Waals surface area contributed by atoms with Gasteiger partial charge in [0.25, 0.3) is 5.88 Å². The van der Waals surface area contributed by atoms with Crippen molar-refractivity contribution in [1.29, 1.82) is 0 Å². The topological polar surface area (TPSA) is 146 Å². The van der Waals surface area contributed by atoms with E-state index in [1.807, 2.05) is 0 Å². The SMILES string of the molecule is CC(CNS(=O)O)Oc1nonc1-c1noc(=O)n1-c1ccc(F)c(Cl)c1. The van der Waals surface area contributed by atoms with Crippen molar-refractivity contribution >= 4 is 22.9 Å². The summed E-state index contributed by atoms with van der Waals surface area (Å²) >= 11 is 3.55. The molecule has 1 aromatic carbocycles. The summed E-state index contributed by atoms with van der Waals surface area (Å²) < 4.78 is 50.8.